The van der Waals surface area contributed by atoms with Crippen LogP contribution in [0.2, 0.25) is 0 Å². The third-order valence-electron chi connectivity index (χ3n) is 3.09. The van der Waals surface area contributed by atoms with Crippen molar-refractivity contribution in [2.45, 2.75) is 25.7 Å². The monoisotopic (exact) mass is 292 g/mol. The molecule has 1 fully saturated rings. The minimum absolute atomic E-state index is 0.217. The summed E-state index contributed by atoms with van der Waals surface area (Å²) in [6.45, 7) is 1.69. The van der Waals surface area contributed by atoms with Gasteiger partial charge in [-0.05, 0) is 31.4 Å². The number of aryl methyl sites for hydroxylation is 1. The Morgan fingerprint density at radius 1 is 1.45 bits per heavy atom. The third-order valence-corrected chi connectivity index (χ3v) is 4.23. The highest BCUT2D eigenvalue weighted by molar-refractivity contribution is 7.18. The van der Waals surface area contributed by atoms with E-state index in [0.29, 0.717) is 16.5 Å². The Balaban J connectivity index is 1.74. The van der Waals surface area contributed by atoms with Crippen LogP contribution in [0.1, 0.15) is 50.2 Å². The minimum Gasteiger partial charge on any atom is -0.477 e. The van der Waals surface area contributed by atoms with E-state index in [1.807, 2.05) is 0 Å². The molecule has 2 aromatic heterocycles. The summed E-state index contributed by atoms with van der Waals surface area (Å²) in [6.07, 6.45) is 2.14. The molecule has 1 amide bonds. The van der Waals surface area contributed by atoms with E-state index >= 15 is 0 Å². The fourth-order valence-corrected chi connectivity index (χ4v) is 2.80. The first-order valence-corrected chi connectivity index (χ1v) is 6.98. The second kappa shape index (κ2) is 4.75. The van der Waals surface area contributed by atoms with Crippen molar-refractivity contribution in [3.05, 3.63) is 34.0 Å². The summed E-state index contributed by atoms with van der Waals surface area (Å²) in [4.78, 5) is 23.2. The quantitative estimate of drug-likeness (QED) is 0.903. The third kappa shape index (κ3) is 2.44. The lowest BCUT2D eigenvalue weighted by molar-refractivity contribution is 0.0701. The summed E-state index contributed by atoms with van der Waals surface area (Å²) in [5.41, 5.74) is 0.839. The van der Waals surface area contributed by atoms with E-state index in [0.717, 1.165) is 29.9 Å². The van der Waals surface area contributed by atoms with E-state index in [-0.39, 0.29) is 16.5 Å². The summed E-state index contributed by atoms with van der Waals surface area (Å²) in [5.74, 6) is -0.250. The molecule has 1 saturated carbocycles. The molecular weight excluding hydrogens is 280 g/mol. The normalized spacial score (nSPS) is 14.2. The first kappa shape index (κ1) is 12.9. The van der Waals surface area contributed by atoms with Crippen molar-refractivity contribution in [2.24, 2.45) is 0 Å². The zero-order chi connectivity index (χ0) is 14.3. The average Bonchev–Trinajstić information content (AvgIpc) is 2.99. The van der Waals surface area contributed by atoms with Gasteiger partial charge in [0, 0.05) is 12.0 Å². The molecule has 0 aromatic carbocycles. The molecule has 0 aliphatic heterocycles. The first-order chi connectivity index (χ1) is 9.54. The molecule has 0 saturated heterocycles. The standard InChI is InChI=1S/C13H12N2O4S/c1-6-4-10(20-11(6)13(17)18)14-12(16)8-5-9(19-15-8)7-2-3-7/h4-5,7H,2-3H2,1H3,(H,14,16)(H,17,18). The van der Waals surface area contributed by atoms with Crippen molar-refractivity contribution >= 4 is 28.2 Å². The predicted octanol–water partition coefficient (Wildman–Crippen LogP) is 2.87. The van der Waals surface area contributed by atoms with Gasteiger partial charge < -0.3 is 14.9 Å². The number of nitrogens with zero attached hydrogens (tertiary/aromatic N) is 1. The number of aromatic nitrogens is 1. The zero-order valence-electron chi connectivity index (χ0n) is 10.7. The smallest absolute Gasteiger partial charge is 0.346 e. The fourth-order valence-electron chi connectivity index (χ4n) is 1.89. The fraction of sp³-hybridized carbons (Fsp3) is 0.308. The van der Waals surface area contributed by atoms with E-state index in [2.05, 4.69) is 10.5 Å². The van der Waals surface area contributed by atoms with Crippen LogP contribution in [0.4, 0.5) is 5.00 Å². The molecular formula is C13H12N2O4S. The highest BCUT2D eigenvalue weighted by atomic mass is 32.1. The molecule has 2 heterocycles. The first-order valence-electron chi connectivity index (χ1n) is 6.16. The Bertz CT molecular complexity index is 684. The van der Waals surface area contributed by atoms with Crippen LogP contribution in [-0.2, 0) is 0 Å². The van der Waals surface area contributed by atoms with Crippen LogP contribution >= 0.6 is 11.3 Å². The molecule has 0 unspecified atom stereocenters. The summed E-state index contributed by atoms with van der Waals surface area (Å²) < 4.78 is 5.11. The number of thiophene rings is 1. The van der Waals surface area contributed by atoms with Gasteiger partial charge in [0.15, 0.2) is 5.69 Å². The summed E-state index contributed by atoms with van der Waals surface area (Å²) >= 11 is 1.03. The molecule has 0 atom stereocenters. The van der Waals surface area contributed by atoms with Crippen LogP contribution in [0.5, 0.6) is 0 Å². The van der Waals surface area contributed by atoms with Crippen molar-refractivity contribution in [3.63, 3.8) is 0 Å². The second-order valence-electron chi connectivity index (χ2n) is 4.77. The van der Waals surface area contributed by atoms with Gasteiger partial charge >= 0.3 is 5.97 Å². The molecule has 20 heavy (non-hydrogen) atoms. The molecule has 0 radical (unpaired) electrons. The van der Waals surface area contributed by atoms with Crippen LogP contribution in [0.3, 0.4) is 0 Å². The van der Waals surface area contributed by atoms with Crippen LogP contribution in [0.25, 0.3) is 0 Å². The lowest BCUT2D eigenvalue weighted by atomic mass is 10.2. The van der Waals surface area contributed by atoms with Gasteiger partial charge in [-0.2, -0.15) is 0 Å². The van der Waals surface area contributed by atoms with Crippen LogP contribution in [0.15, 0.2) is 16.7 Å². The van der Waals surface area contributed by atoms with Crippen LogP contribution in [-0.4, -0.2) is 22.1 Å². The number of hydrogen-bond acceptors (Lipinski definition) is 5. The Kier molecular flexibility index (Phi) is 3.06. The summed E-state index contributed by atoms with van der Waals surface area (Å²) in [6, 6.07) is 3.28. The van der Waals surface area contributed by atoms with Crippen LogP contribution in [0, 0.1) is 6.92 Å². The summed E-state index contributed by atoms with van der Waals surface area (Å²) in [5, 5.41) is 15.8. The number of carbonyl (C=O) groups excluding carboxylic acids is 1. The lowest BCUT2D eigenvalue weighted by Crippen LogP contribution is -2.11. The molecule has 104 valence electrons. The van der Waals surface area contributed by atoms with Crippen molar-refractivity contribution in [1.82, 2.24) is 5.16 Å². The van der Waals surface area contributed by atoms with E-state index in [9.17, 15) is 9.59 Å². The van der Waals surface area contributed by atoms with Gasteiger partial charge in [-0.3, -0.25) is 4.79 Å². The Morgan fingerprint density at radius 2 is 2.20 bits per heavy atom. The van der Waals surface area contributed by atoms with Crippen molar-refractivity contribution in [2.75, 3.05) is 5.32 Å². The molecule has 6 nitrogen and oxygen atoms in total. The molecule has 7 heteroatoms. The number of nitrogens with one attached hydrogen (secondary N) is 1. The minimum atomic E-state index is -0.995. The predicted molar refractivity (Wildman–Crippen MR) is 72.4 cm³/mol. The van der Waals surface area contributed by atoms with Gasteiger partial charge in [0.1, 0.15) is 10.6 Å². The maximum atomic E-state index is 12.0. The maximum Gasteiger partial charge on any atom is 0.346 e. The SMILES string of the molecule is Cc1cc(NC(=O)c2cc(C3CC3)on2)sc1C(=O)O. The molecule has 3 rings (SSSR count). The Labute approximate surface area is 118 Å². The molecule has 0 spiro atoms. The van der Waals surface area contributed by atoms with Gasteiger partial charge in [-0.25, -0.2) is 4.79 Å². The van der Waals surface area contributed by atoms with Gasteiger partial charge in [0.05, 0.1) is 5.00 Å². The van der Waals surface area contributed by atoms with E-state index in [4.69, 9.17) is 9.63 Å². The highest BCUT2D eigenvalue weighted by Crippen LogP contribution is 2.40. The second-order valence-corrected chi connectivity index (χ2v) is 5.82. The summed E-state index contributed by atoms with van der Waals surface area (Å²) in [7, 11) is 0. The zero-order valence-corrected chi connectivity index (χ0v) is 11.5. The van der Waals surface area contributed by atoms with E-state index < -0.39 is 5.97 Å². The average molecular weight is 292 g/mol. The van der Waals surface area contributed by atoms with Gasteiger partial charge in [-0.1, -0.05) is 5.16 Å². The van der Waals surface area contributed by atoms with Crippen molar-refractivity contribution in [1.29, 1.82) is 0 Å². The number of amides is 1. The number of aromatic carboxylic acids is 1. The Hall–Kier alpha value is -2.15. The lowest BCUT2D eigenvalue weighted by Gasteiger charge is -1.96. The van der Waals surface area contributed by atoms with E-state index in [1.54, 1.807) is 19.1 Å². The molecule has 1 aliphatic carbocycles. The van der Waals surface area contributed by atoms with Gasteiger partial charge in [0.25, 0.3) is 5.91 Å². The molecule has 0 bridgehead atoms. The number of carboxylic acid groups (broad SMARTS) is 1. The molecule has 2 N–H and O–H groups in total. The molecule has 2 aromatic rings. The van der Waals surface area contributed by atoms with Crippen molar-refractivity contribution < 1.29 is 19.2 Å². The maximum absolute atomic E-state index is 12.0. The Morgan fingerprint density at radius 3 is 2.80 bits per heavy atom. The number of hydrogen-bond donors (Lipinski definition) is 2. The van der Waals surface area contributed by atoms with Gasteiger partial charge in [0.2, 0.25) is 0 Å². The number of carbonyl (C=O) groups is 2. The number of carboxylic acids is 1. The number of anilines is 1. The van der Waals surface area contributed by atoms with Crippen LogP contribution < -0.4 is 5.32 Å². The number of rotatable bonds is 4. The largest absolute Gasteiger partial charge is 0.477 e. The highest BCUT2D eigenvalue weighted by Gasteiger charge is 2.29. The van der Waals surface area contributed by atoms with E-state index in [1.165, 1.54) is 0 Å². The molecule has 1 aliphatic rings. The van der Waals surface area contributed by atoms with Crippen molar-refractivity contribution in [3.8, 4) is 0 Å². The topological polar surface area (TPSA) is 92.4 Å². The van der Waals surface area contributed by atoms with Gasteiger partial charge in [-0.15, -0.1) is 11.3 Å².